The van der Waals surface area contributed by atoms with Gasteiger partial charge in [0.2, 0.25) is 0 Å². The lowest BCUT2D eigenvalue weighted by Crippen LogP contribution is -2.27. The SMILES string of the molecule is COc1ccc(OCCOc2ccc(C=C3SC(=S)N(c4ccccc4)C3=O)cc2)cc1. The summed E-state index contributed by atoms with van der Waals surface area (Å²) in [7, 11) is 1.63. The number of carbonyl (C=O) groups is 1. The Labute approximate surface area is 196 Å². The summed E-state index contributed by atoms with van der Waals surface area (Å²) < 4.78 is 17.1. The number of ether oxygens (including phenoxy) is 3. The second-order valence-electron chi connectivity index (χ2n) is 6.79. The van der Waals surface area contributed by atoms with E-state index in [0.29, 0.717) is 22.4 Å². The van der Waals surface area contributed by atoms with Crippen molar-refractivity contribution < 1.29 is 19.0 Å². The minimum Gasteiger partial charge on any atom is -0.497 e. The van der Waals surface area contributed by atoms with E-state index in [9.17, 15) is 4.79 Å². The van der Waals surface area contributed by atoms with Gasteiger partial charge in [-0.15, -0.1) is 0 Å². The molecule has 1 aliphatic heterocycles. The molecule has 3 aromatic carbocycles. The van der Waals surface area contributed by atoms with Crippen LogP contribution >= 0.6 is 24.0 Å². The highest BCUT2D eigenvalue weighted by atomic mass is 32.2. The zero-order valence-electron chi connectivity index (χ0n) is 17.4. The molecular formula is C25H21NO4S2. The molecule has 32 heavy (non-hydrogen) atoms. The van der Waals surface area contributed by atoms with E-state index in [1.165, 1.54) is 11.8 Å². The molecule has 0 aromatic heterocycles. The van der Waals surface area contributed by atoms with Crippen LogP contribution in [-0.2, 0) is 4.79 Å². The molecule has 0 aliphatic carbocycles. The molecule has 0 bridgehead atoms. The maximum atomic E-state index is 12.8. The van der Waals surface area contributed by atoms with Crippen molar-refractivity contribution in [3.8, 4) is 17.2 Å². The summed E-state index contributed by atoms with van der Waals surface area (Å²) in [6.07, 6.45) is 1.85. The smallest absolute Gasteiger partial charge is 0.270 e. The van der Waals surface area contributed by atoms with E-state index in [2.05, 4.69) is 0 Å². The Kier molecular flexibility index (Phi) is 7.09. The van der Waals surface area contributed by atoms with Crippen LogP contribution in [0.5, 0.6) is 17.2 Å². The first-order valence-electron chi connectivity index (χ1n) is 9.97. The van der Waals surface area contributed by atoms with E-state index in [-0.39, 0.29) is 5.91 Å². The normalized spacial score (nSPS) is 14.7. The number of anilines is 1. The fourth-order valence-corrected chi connectivity index (χ4v) is 4.37. The average molecular weight is 464 g/mol. The minimum atomic E-state index is -0.109. The van der Waals surface area contributed by atoms with E-state index < -0.39 is 0 Å². The van der Waals surface area contributed by atoms with E-state index in [1.54, 1.807) is 12.0 Å². The summed E-state index contributed by atoms with van der Waals surface area (Å²) in [4.78, 5) is 15.0. The first-order valence-corrected chi connectivity index (χ1v) is 11.2. The number of rotatable bonds is 8. The van der Waals surface area contributed by atoms with Crippen LogP contribution in [0.15, 0.2) is 83.8 Å². The Morgan fingerprint density at radius 3 is 2.00 bits per heavy atom. The second-order valence-corrected chi connectivity index (χ2v) is 8.47. The average Bonchev–Trinajstić information content (AvgIpc) is 3.11. The van der Waals surface area contributed by atoms with Crippen molar-refractivity contribution in [2.75, 3.05) is 25.2 Å². The standard InChI is InChI=1S/C25H21NO4S2/c1-28-20-11-13-22(14-12-20)30-16-15-29-21-9-7-18(8-10-21)17-23-24(27)26(25(31)32-23)19-5-3-2-4-6-19/h2-14,17H,15-16H2,1H3. The monoisotopic (exact) mass is 463 g/mol. The van der Waals surface area contributed by atoms with Gasteiger partial charge in [-0.3, -0.25) is 9.69 Å². The quantitative estimate of drug-likeness (QED) is 0.248. The Hall–Kier alpha value is -3.29. The van der Waals surface area contributed by atoms with Crippen molar-refractivity contribution >= 4 is 46.0 Å². The molecular weight excluding hydrogens is 442 g/mol. The number of methoxy groups -OCH3 is 1. The molecule has 1 aliphatic rings. The van der Waals surface area contributed by atoms with Gasteiger partial charge in [-0.1, -0.05) is 54.3 Å². The summed E-state index contributed by atoms with van der Waals surface area (Å²) >= 11 is 6.72. The molecule has 0 spiro atoms. The van der Waals surface area contributed by atoms with Crippen LogP contribution < -0.4 is 19.1 Å². The van der Waals surface area contributed by atoms with Gasteiger partial charge < -0.3 is 14.2 Å². The van der Waals surface area contributed by atoms with Crippen molar-refractivity contribution in [1.29, 1.82) is 0 Å². The minimum absolute atomic E-state index is 0.109. The van der Waals surface area contributed by atoms with Crippen LogP contribution in [0.25, 0.3) is 6.08 Å². The van der Waals surface area contributed by atoms with E-state index in [1.807, 2.05) is 84.9 Å². The molecule has 3 aromatic rings. The second kappa shape index (κ2) is 10.3. The Balaban J connectivity index is 1.31. The zero-order chi connectivity index (χ0) is 22.3. The summed E-state index contributed by atoms with van der Waals surface area (Å²) in [5.41, 5.74) is 1.68. The molecule has 0 N–H and O–H groups in total. The van der Waals surface area contributed by atoms with Gasteiger partial charge in [0, 0.05) is 0 Å². The van der Waals surface area contributed by atoms with E-state index in [0.717, 1.165) is 28.5 Å². The molecule has 1 amide bonds. The third kappa shape index (κ3) is 5.30. The van der Waals surface area contributed by atoms with Crippen molar-refractivity contribution in [3.63, 3.8) is 0 Å². The Morgan fingerprint density at radius 2 is 1.41 bits per heavy atom. The van der Waals surface area contributed by atoms with Gasteiger partial charge in [0.25, 0.3) is 5.91 Å². The predicted octanol–water partition coefficient (Wildman–Crippen LogP) is 5.56. The van der Waals surface area contributed by atoms with Crippen LogP contribution in [0.3, 0.4) is 0 Å². The fourth-order valence-electron chi connectivity index (χ4n) is 3.07. The lowest BCUT2D eigenvalue weighted by atomic mass is 10.2. The topological polar surface area (TPSA) is 48.0 Å². The summed E-state index contributed by atoms with van der Waals surface area (Å²) in [5, 5.41) is 0. The highest BCUT2D eigenvalue weighted by molar-refractivity contribution is 8.27. The number of carbonyl (C=O) groups excluding carboxylic acids is 1. The Bertz CT molecular complexity index is 1110. The molecule has 0 saturated carbocycles. The fraction of sp³-hybridized carbons (Fsp3) is 0.120. The third-order valence-corrected chi connectivity index (χ3v) is 5.97. The van der Waals surface area contributed by atoms with Crippen LogP contribution in [0.4, 0.5) is 5.69 Å². The van der Waals surface area contributed by atoms with Crippen molar-refractivity contribution in [1.82, 2.24) is 0 Å². The molecule has 4 rings (SSSR count). The lowest BCUT2D eigenvalue weighted by molar-refractivity contribution is -0.113. The number of para-hydroxylation sites is 1. The predicted molar refractivity (Wildman–Crippen MR) is 133 cm³/mol. The zero-order valence-corrected chi connectivity index (χ0v) is 19.0. The first-order chi connectivity index (χ1) is 15.6. The number of benzene rings is 3. The highest BCUT2D eigenvalue weighted by Crippen LogP contribution is 2.36. The van der Waals surface area contributed by atoms with Crippen LogP contribution in [0.2, 0.25) is 0 Å². The largest absolute Gasteiger partial charge is 0.497 e. The maximum Gasteiger partial charge on any atom is 0.270 e. The number of nitrogens with zero attached hydrogens (tertiary/aromatic N) is 1. The molecule has 0 atom stereocenters. The molecule has 0 unspecified atom stereocenters. The third-order valence-electron chi connectivity index (χ3n) is 4.67. The number of hydrogen-bond donors (Lipinski definition) is 0. The molecule has 5 nitrogen and oxygen atoms in total. The van der Waals surface area contributed by atoms with Crippen molar-refractivity contribution in [2.24, 2.45) is 0 Å². The van der Waals surface area contributed by atoms with Crippen molar-refractivity contribution in [2.45, 2.75) is 0 Å². The molecule has 1 heterocycles. The maximum absolute atomic E-state index is 12.8. The van der Waals surface area contributed by atoms with Gasteiger partial charge in [-0.25, -0.2) is 0 Å². The number of amides is 1. The number of thioether (sulfide) groups is 1. The van der Waals surface area contributed by atoms with Gasteiger partial charge in [0.15, 0.2) is 4.32 Å². The lowest BCUT2D eigenvalue weighted by Gasteiger charge is -2.13. The van der Waals surface area contributed by atoms with Gasteiger partial charge in [-0.05, 0) is 60.2 Å². The molecule has 7 heteroatoms. The summed E-state index contributed by atoms with van der Waals surface area (Å²) in [6.45, 7) is 0.844. The first kappa shape index (κ1) is 21.9. The van der Waals surface area contributed by atoms with E-state index >= 15 is 0 Å². The van der Waals surface area contributed by atoms with E-state index in [4.69, 9.17) is 26.4 Å². The Morgan fingerprint density at radius 1 is 0.844 bits per heavy atom. The van der Waals surface area contributed by atoms with Crippen LogP contribution in [0.1, 0.15) is 5.56 Å². The van der Waals surface area contributed by atoms with Crippen LogP contribution in [-0.4, -0.2) is 30.6 Å². The summed E-state index contributed by atoms with van der Waals surface area (Å²) in [6, 6.07) is 24.4. The number of hydrogen-bond acceptors (Lipinski definition) is 6. The summed E-state index contributed by atoms with van der Waals surface area (Å²) in [5.74, 6) is 2.17. The van der Waals surface area contributed by atoms with Crippen molar-refractivity contribution in [3.05, 3.63) is 89.3 Å². The number of thiocarbonyl (C=S) groups is 1. The van der Waals surface area contributed by atoms with Gasteiger partial charge in [0.05, 0.1) is 17.7 Å². The van der Waals surface area contributed by atoms with Gasteiger partial charge in [-0.2, -0.15) is 0 Å². The molecule has 1 fully saturated rings. The van der Waals surface area contributed by atoms with Crippen LogP contribution in [0, 0.1) is 0 Å². The molecule has 162 valence electrons. The molecule has 0 radical (unpaired) electrons. The van der Waals surface area contributed by atoms with Gasteiger partial charge >= 0.3 is 0 Å². The highest BCUT2D eigenvalue weighted by Gasteiger charge is 2.33. The van der Waals surface area contributed by atoms with Gasteiger partial charge in [0.1, 0.15) is 30.5 Å². The molecule has 1 saturated heterocycles.